The smallest absolute Gasteiger partial charge is 0.166 e. The Balaban J connectivity index is 1.50. The van der Waals surface area contributed by atoms with Crippen molar-refractivity contribution in [3.63, 3.8) is 0 Å². The number of fused-ring (bicyclic) bond motifs is 2. The molecule has 154 valence electrons. The molecular weight excluding hydrogens is 388 g/mol. The fourth-order valence-electron chi connectivity index (χ4n) is 4.61. The molecule has 6 nitrogen and oxygen atoms in total. The number of para-hydroxylation sites is 2. The highest BCUT2D eigenvalue weighted by atomic mass is 16.6. The summed E-state index contributed by atoms with van der Waals surface area (Å²) in [5, 5.41) is 1.06. The van der Waals surface area contributed by atoms with Crippen LogP contribution >= 0.6 is 0 Å². The van der Waals surface area contributed by atoms with E-state index in [2.05, 4.69) is 34.1 Å². The van der Waals surface area contributed by atoms with Crippen LogP contribution in [0.25, 0.3) is 22.3 Å². The molecule has 0 aliphatic carbocycles. The van der Waals surface area contributed by atoms with Crippen molar-refractivity contribution in [2.24, 2.45) is 0 Å². The number of anilines is 1. The molecule has 0 amide bonds. The number of hydrogen-bond donors (Lipinski definition) is 0. The lowest BCUT2D eigenvalue weighted by Crippen LogP contribution is -2.26. The zero-order valence-corrected chi connectivity index (χ0v) is 17.1. The quantitative estimate of drug-likeness (QED) is 0.483. The molecule has 0 spiro atoms. The lowest BCUT2D eigenvalue weighted by Gasteiger charge is -2.30. The molecule has 1 fully saturated rings. The number of ether oxygens (including phenoxy) is 2. The zero-order valence-electron chi connectivity index (χ0n) is 17.1. The molecule has 2 aromatic heterocycles. The fraction of sp³-hybridized carbons (Fsp3) is 0.240. The molecule has 2 aromatic carbocycles. The first-order chi connectivity index (χ1) is 15.4. The van der Waals surface area contributed by atoms with Crippen LogP contribution in [0.15, 0.2) is 67.0 Å². The van der Waals surface area contributed by atoms with Gasteiger partial charge in [-0.1, -0.05) is 24.3 Å². The average Bonchev–Trinajstić information content (AvgIpc) is 3.33. The predicted molar refractivity (Wildman–Crippen MR) is 120 cm³/mol. The Bertz CT molecular complexity index is 1240. The molecule has 2 aliphatic heterocycles. The second-order valence-corrected chi connectivity index (χ2v) is 7.85. The normalized spacial score (nSPS) is 17.8. The van der Waals surface area contributed by atoms with Gasteiger partial charge in [0, 0.05) is 35.5 Å². The van der Waals surface area contributed by atoms with Crippen molar-refractivity contribution in [3.05, 3.63) is 72.6 Å². The lowest BCUT2D eigenvalue weighted by atomic mass is 10.0. The van der Waals surface area contributed by atoms with Crippen molar-refractivity contribution < 1.29 is 9.47 Å². The highest BCUT2D eigenvalue weighted by Crippen LogP contribution is 2.45. The monoisotopic (exact) mass is 410 g/mol. The van der Waals surface area contributed by atoms with Crippen LogP contribution in [0.4, 0.5) is 5.82 Å². The maximum atomic E-state index is 6.04. The van der Waals surface area contributed by atoms with E-state index in [1.54, 1.807) is 12.4 Å². The molecule has 2 aliphatic rings. The average molecular weight is 410 g/mol. The number of pyridine rings is 1. The fourth-order valence-corrected chi connectivity index (χ4v) is 4.61. The Morgan fingerprint density at radius 3 is 2.68 bits per heavy atom. The van der Waals surface area contributed by atoms with Gasteiger partial charge in [-0.25, -0.2) is 9.97 Å². The first kappa shape index (κ1) is 18.1. The number of benzene rings is 2. The van der Waals surface area contributed by atoms with E-state index in [4.69, 9.17) is 19.4 Å². The Morgan fingerprint density at radius 1 is 0.871 bits per heavy atom. The highest BCUT2D eigenvalue weighted by Gasteiger charge is 2.32. The summed E-state index contributed by atoms with van der Waals surface area (Å²) in [5.74, 6) is 3.39. The van der Waals surface area contributed by atoms with Crippen molar-refractivity contribution in [2.45, 2.75) is 18.9 Å². The van der Waals surface area contributed by atoms with Gasteiger partial charge < -0.3 is 14.4 Å². The van der Waals surface area contributed by atoms with Gasteiger partial charge in [0.15, 0.2) is 17.3 Å². The molecule has 1 unspecified atom stereocenters. The summed E-state index contributed by atoms with van der Waals surface area (Å²) in [7, 11) is 0. The minimum Gasteiger partial charge on any atom is -0.486 e. The van der Waals surface area contributed by atoms with Gasteiger partial charge in [0.2, 0.25) is 0 Å². The summed E-state index contributed by atoms with van der Waals surface area (Å²) in [4.78, 5) is 16.4. The molecule has 0 saturated carbocycles. The zero-order chi connectivity index (χ0) is 20.6. The van der Waals surface area contributed by atoms with E-state index in [0.29, 0.717) is 13.2 Å². The second kappa shape index (κ2) is 7.54. The molecule has 1 saturated heterocycles. The van der Waals surface area contributed by atoms with Gasteiger partial charge in [0.05, 0.1) is 11.6 Å². The van der Waals surface area contributed by atoms with Crippen molar-refractivity contribution in [1.82, 2.24) is 15.0 Å². The van der Waals surface area contributed by atoms with Gasteiger partial charge in [-0.2, -0.15) is 0 Å². The topological polar surface area (TPSA) is 60.4 Å². The molecule has 0 N–H and O–H groups in total. The number of rotatable bonds is 3. The summed E-state index contributed by atoms with van der Waals surface area (Å²) in [6.45, 7) is 2.11. The molecule has 1 atom stereocenters. The molecule has 0 radical (unpaired) electrons. The molecule has 31 heavy (non-hydrogen) atoms. The van der Waals surface area contributed by atoms with Gasteiger partial charge in [0.1, 0.15) is 19.0 Å². The van der Waals surface area contributed by atoms with Crippen LogP contribution in [0, 0.1) is 0 Å². The van der Waals surface area contributed by atoms with Gasteiger partial charge in [-0.15, -0.1) is 0 Å². The Kier molecular flexibility index (Phi) is 4.41. The summed E-state index contributed by atoms with van der Waals surface area (Å²) in [5.41, 5.74) is 3.08. The third-order valence-corrected chi connectivity index (χ3v) is 6.00. The van der Waals surface area contributed by atoms with Crippen LogP contribution in [0.2, 0.25) is 0 Å². The largest absolute Gasteiger partial charge is 0.486 e. The molecular formula is C25H22N4O2. The SMILES string of the molecule is c1cc2c(c(C3CCCN3c3nc(-c4ccncc4)nc4ccccc34)c1)OCCO2. The minimum absolute atomic E-state index is 0.181. The number of hydrogen-bond acceptors (Lipinski definition) is 6. The molecule has 0 bridgehead atoms. The van der Waals surface area contributed by atoms with E-state index in [-0.39, 0.29) is 6.04 Å². The van der Waals surface area contributed by atoms with Crippen LogP contribution in [-0.4, -0.2) is 34.7 Å². The van der Waals surface area contributed by atoms with Crippen molar-refractivity contribution in [2.75, 3.05) is 24.7 Å². The summed E-state index contributed by atoms with van der Waals surface area (Å²) in [6.07, 6.45) is 5.69. The number of nitrogens with zero attached hydrogens (tertiary/aromatic N) is 4. The maximum absolute atomic E-state index is 6.04. The van der Waals surface area contributed by atoms with E-state index in [9.17, 15) is 0 Å². The third-order valence-electron chi connectivity index (χ3n) is 6.00. The van der Waals surface area contributed by atoms with E-state index < -0.39 is 0 Å². The Hall–Kier alpha value is -3.67. The van der Waals surface area contributed by atoms with Crippen LogP contribution < -0.4 is 14.4 Å². The summed E-state index contributed by atoms with van der Waals surface area (Å²) < 4.78 is 11.9. The third kappa shape index (κ3) is 3.15. The first-order valence-electron chi connectivity index (χ1n) is 10.7. The van der Waals surface area contributed by atoms with Crippen molar-refractivity contribution >= 4 is 16.7 Å². The summed E-state index contributed by atoms with van der Waals surface area (Å²) in [6, 6.07) is 18.5. The highest BCUT2D eigenvalue weighted by molar-refractivity contribution is 5.91. The molecule has 6 heteroatoms. The second-order valence-electron chi connectivity index (χ2n) is 7.85. The van der Waals surface area contributed by atoms with Gasteiger partial charge >= 0.3 is 0 Å². The molecule has 6 rings (SSSR count). The Morgan fingerprint density at radius 2 is 1.74 bits per heavy atom. The minimum atomic E-state index is 0.181. The van der Waals surface area contributed by atoms with Crippen LogP contribution in [0.5, 0.6) is 11.5 Å². The van der Waals surface area contributed by atoms with Gasteiger partial charge in [0.25, 0.3) is 0 Å². The van der Waals surface area contributed by atoms with E-state index in [1.165, 1.54) is 5.56 Å². The lowest BCUT2D eigenvalue weighted by molar-refractivity contribution is 0.169. The van der Waals surface area contributed by atoms with Crippen LogP contribution in [0.1, 0.15) is 24.4 Å². The van der Waals surface area contributed by atoms with Crippen LogP contribution in [0.3, 0.4) is 0 Å². The summed E-state index contributed by atoms with van der Waals surface area (Å²) >= 11 is 0. The van der Waals surface area contributed by atoms with E-state index >= 15 is 0 Å². The van der Waals surface area contributed by atoms with Gasteiger partial charge in [-0.05, 0) is 43.2 Å². The predicted octanol–water partition coefficient (Wildman–Crippen LogP) is 4.80. The Labute approximate surface area is 180 Å². The van der Waals surface area contributed by atoms with E-state index in [0.717, 1.165) is 59.0 Å². The van der Waals surface area contributed by atoms with Crippen LogP contribution in [-0.2, 0) is 0 Å². The number of aromatic nitrogens is 3. The molecule has 4 heterocycles. The maximum Gasteiger partial charge on any atom is 0.166 e. The van der Waals surface area contributed by atoms with Gasteiger partial charge in [-0.3, -0.25) is 4.98 Å². The molecule has 4 aromatic rings. The van der Waals surface area contributed by atoms with Crippen molar-refractivity contribution in [1.29, 1.82) is 0 Å². The van der Waals surface area contributed by atoms with Crippen molar-refractivity contribution in [3.8, 4) is 22.9 Å². The standard InChI is InChI=1S/C25H22N4O2/c1-2-7-20-18(5-1)25(28-24(27-20)17-10-12-26-13-11-17)29-14-4-8-21(29)19-6-3-9-22-23(19)31-16-15-30-22/h1-3,5-7,9-13,21H,4,8,14-16H2. The first-order valence-corrected chi connectivity index (χ1v) is 10.7. The van der Waals surface area contributed by atoms with E-state index in [1.807, 2.05) is 30.3 Å².